The van der Waals surface area contributed by atoms with Crippen LogP contribution in [0.1, 0.15) is 18.5 Å². The first-order valence-electron chi connectivity index (χ1n) is 5.34. The first-order valence-corrected chi connectivity index (χ1v) is 6.09. The van der Waals surface area contributed by atoms with Crippen LogP contribution in [0, 0.1) is 10.1 Å². The standard InChI is InChI=1S/C11H10Cl2N4O2/c1-6(7-2-3-8(12)9(13)4-7)16-11(14)10(5-15-16)17(18)19/h2-6H,14H2,1H3. The summed E-state index contributed by atoms with van der Waals surface area (Å²) >= 11 is 11.8. The van der Waals surface area contributed by atoms with Gasteiger partial charge in [-0.1, -0.05) is 29.3 Å². The number of benzene rings is 1. The maximum Gasteiger partial charge on any atom is 0.330 e. The SMILES string of the molecule is CC(c1ccc(Cl)c(Cl)c1)n1ncc([N+](=O)[O-])c1N. The zero-order valence-electron chi connectivity index (χ0n) is 9.88. The minimum absolute atomic E-state index is 0.00331. The number of halogens is 2. The second kappa shape index (κ2) is 5.07. The fraction of sp³-hybridized carbons (Fsp3) is 0.182. The molecule has 19 heavy (non-hydrogen) atoms. The van der Waals surface area contributed by atoms with Gasteiger partial charge in [0.2, 0.25) is 5.82 Å². The Bertz CT molecular complexity index is 642. The maximum atomic E-state index is 10.7. The predicted molar refractivity (Wildman–Crippen MR) is 73.6 cm³/mol. The molecule has 0 aliphatic heterocycles. The molecule has 2 aromatic rings. The Morgan fingerprint density at radius 1 is 1.42 bits per heavy atom. The van der Waals surface area contributed by atoms with E-state index < -0.39 is 4.92 Å². The number of hydrogen-bond acceptors (Lipinski definition) is 4. The zero-order chi connectivity index (χ0) is 14.2. The first-order chi connectivity index (χ1) is 8.91. The third-order valence-electron chi connectivity index (χ3n) is 2.80. The quantitative estimate of drug-likeness (QED) is 0.696. The molecule has 2 rings (SSSR count). The Labute approximate surface area is 118 Å². The molecule has 1 heterocycles. The summed E-state index contributed by atoms with van der Waals surface area (Å²) in [6.07, 6.45) is 1.13. The normalized spacial score (nSPS) is 12.4. The van der Waals surface area contributed by atoms with Crippen LogP contribution in [0.15, 0.2) is 24.4 Å². The third-order valence-corrected chi connectivity index (χ3v) is 3.54. The van der Waals surface area contributed by atoms with Crippen molar-refractivity contribution in [3.63, 3.8) is 0 Å². The number of nitrogens with zero attached hydrogens (tertiary/aromatic N) is 3. The van der Waals surface area contributed by atoms with Crippen LogP contribution >= 0.6 is 23.2 Å². The molecule has 1 aromatic heterocycles. The number of anilines is 1. The van der Waals surface area contributed by atoms with Crippen molar-refractivity contribution in [1.82, 2.24) is 9.78 Å². The molecule has 0 bridgehead atoms. The van der Waals surface area contributed by atoms with Crippen molar-refractivity contribution in [1.29, 1.82) is 0 Å². The predicted octanol–water partition coefficient (Wildman–Crippen LogP) is 3.29. The van der Waals surface area contributed by atoms with E-state index in [2.05, 4.69) is 5.10 Å². The molecule has 100 valence electrons. The average Bonchev–Trinajstić information content (AvgIpc) is 2.74. The molecule has 0 saturated heterocycles. The first kappa shape index (κ1) is 13.6. The van der Waals surface area contributed by atoms with Crippen LogP contribution in [0.4, 0.5) is 11.5 Å². The van der Waals surface area contributed by atoms with Crippen LogP contribution < -0.4 is 5.73 Å². The molecule has 0 amide bonds. The van der Waals surface area contributed by atoms with E-state index in [1.54, 1.807) is 18.2 Å². The highest BCUT2D eigenvalue weighted by Gasteiger charge is 2.21. The lowest BCUT2D eigenvalue weighted by atomic mass is 10.1. The highest BCUT2D eigenvalue weighted by molar-refractivity contribution is 6.42. The number of hydrogen-bond donors (Lipinski definition) is 1. The fourth-order valence-corrected chi connectivity index (χ4v) is 2.03. The lowest BCUT2D eigenvalue weighted by Crippen LogP contribution is -2.12. The molecule has 0 saturated carbocycles. The Balaban J connectivity index is 2.41. The van der Waals surface area contributed by atoms with Gasteiger partial charge in [-0.05, 0) is 24.6 Å². The van der Waals surface area contributed by atoms with Crippen LogP contribution in [-0.4, -0.2) is 14.7 Å². The summed E-state index contributed by atoms with van der Waals surface area (Å²) in [6.45, 7) is 1.81. The lowest BCUT2D eigenvalue weighted by molar-refractivity contribution is -0.384. The summed E-state index contributed by atoms with van der Waals surface area (Å²) in [5, 5.41) is 15.5. The average molecular weight is 301 g/mol. The van der Waals surface area contributed by atoms with Gasteiger partial charge in [0.15, 0.2) is 0 Å². The van der Waals surface area contributed by atoms with Crippen molar-refractivity contribution >= 4 is 34.7 Å². The van der Waals surface area contributed by atoms with Crippen LogP contribution in [0.25, 0.3) is 0 Å². The van der Waals surface area contributed by atoms with Gasteiger partial charge in [0.1, 0.15) is 6.20 Å². The van der Waals surface area contributed by atoms with Crippen molar-refractivity contribution in [2.24, 2.45) is 0 Å². The van der Waals surface area contributed by atoms with Gasteiger partial charge in [-0.15, -0.1) is 0 Å². The molecule has 8 heteroatoms. The van der Waals surface area contributed by atoms with Crippen molar-refractivity contribution < 1.29 is 4.92 Å². The molecular formula is C11H10Cl2N4O2. The van der Waals surface area contributed by atoms with E-state index in [4.69, 9.17) is 28.9 Å². The number of aromatic nitrogens is 2. The molecule has 0 fully saturated rings. The molecule has 6 nitrogen and oxygen atoms in total. The number of nitrogens with two attached hydrogens (primary N) is 1. The summed E-state index contributed by atoms with van der Waals surface area (Å²) in [5.41, 5.74) is 6.30. The van der Waals surface area contributed by atoms with E-state index in [0.717, 1.165) is 11.8 Å². The molecule has 0 aliphatic rings. The van der Waals surface area contributed by atoms with Crippen LogP contribution in [0.3, 0.4) is 0 Å². The van der Waals surface area contributed by atoms with Gasteiger partial charge < -0.3 is 5.73 Å². The highest BCUT2D eigenvalue weighted by atomic mass is 35.5. The van der Waals surface area contributed by atoms with Gasteiger partial charge in [0.05, 0.1) is 21.0 Å². The molecule has 0 radical (unpaired) electrons. The van der Waals surface area contributed by atoms with Gasteiger partial charge in [0.25, 0.3) is 0 Å². The van der Waals surface area contributed by atoms with Crippen molar-refractivity contribution in [2.75, 3.05) is 5.73 Å². The minimum Gasteiger partial charge on any atom is -0.378 e. The van der Waals surface area contributed by atoms with Crippen LogP contribution in [0.5, 0.6) is 0 Å². The second-order valence-corrected chi connectivity index (χ2v) is 4.78. The van der Waals surface area contributed by atoms with Gasteiger partial charge in [-0.3, -0.25) is 10.1 Å². The second-order valence-electron chi connectivity index (χ2n) is 3.97. The minimum atomic E-state index is -0.569. The lowest BCUT2D eigenvalue weighted by Gasteiger charge is -2.14. The van der Waals surface area contributed by atoms with Crippen molar-refractivity contribution in [3.05, 3.63) is 50.1 Å². The molecule has 2 N–H and O–H groups in total. The van der Waals surface area contributed by atoms with E-state index in [-0.39, 0.29) is 17.5 Å². The van der Waals surface area contributed by atoms with Crippen molar-refractivity contribution in [2.45, 2.75) is 13.0 Å². The van der Waals surface area contributed by atoms with E-state index in [0.29, 0.717) is 10.0 Å². The van der Waals surface area contributed by atoms with Gasteiger partial charge in [0, 0.05) is 0 Å². The summed E-state index contributed by atoms with van der Waals surface area (Å²) in [7, 11) is 0. The van der Waals surface area contributed by atoms with E-state index in [9.17, 15) is 10.1 Å². The summed E-state index contributed by atoms with van der Waals surface area (Å²) in [5.74, 6) is 0.00331. The summed E-state index contributed by atoms with van der Waals surface area (Å²) in [6, 6.07) is 4.82. The smallest absolute Gasteiger partial charge is 0.330 e. The summed E-state index contributed by atoms with van der Waals surface area (Å²) in [4.78, 5) is 10.2. The molecule has 0 aliphatic carbocycles. The third kappa shape index (κ3) is 2.50. The largest absolute Gasteiger partial charge is 0.378 e. The van der Waals surface area contributed by atoms with Gasteiger partial charge in [-0.2, -0.15) is 5.10 Å². The Hall–Kier alpha value is -1.79. The van der Waals surface area contributed by atoms with E-state index in [1.807, 2.05) is 6.92 Å². The number of rotatable bonds is 3. The highest BCUT2D eigenvalue weighted by Crippen LogP contribution is 2.30. The fourth-order valence-electron chi connectivity index (χ4n) is 1.73. The topological polar surface area (TPSA) is 87.0 Å². The Morgan fingerprint density at radius 2 is 2.11 bits per heavy atom. The Morgan fingerprint density at radius 3 is 2.63 bits per heavy atom. The van der Waals surface area contributed by atoms with Crippen molar-refractivity contribution in [3.8, 4) is 0 Å². The molecule has 1 atom stereocenters. The van der Waals surface area contributed by atoms with Crippen LogP contribution in [-0.2, 0) is 0 Å². The van der Waals surface area contributed by atoms with Gasteiger partial charge in [-0.25, -0.2) is 4.68 Å². The molecular weight excluding hydrogens is 291 g/mol. The monoisotopic (exact) mass is 300 g/mol. The zero-order valence-corrected chi connectivity index (χ0v) is 11.4. The van der Waals surface area contributed by atoms with E-state index >= 15 is 0 Å². The van der Waals surface area contributed by atoms with Gasteiger partial charge >= 0.3 is 5.69 Å². The molecule has 0 spiro atoms. The number of nitrogen functional groups attached to an aromatic ring is 1. The number of nitro groups is 1. The van der Waals surface area contributed by atoms with Crippen LogP contribution in [0.2, 0.25) is 10.0 Å². The molecule has 1 aromatic carbocycles. The molecule has 1 unspecified atom stereocenters. The Kier molecular flexibility index (Phi) is 3.64. The maximum absolute atomic E-state index is 10.7. The summed E-state index contributed by atoms with van der Waals surface area (Å²) < 4.78 is 1.37. The van der Waals surface area contributed by atoms with E-state index in [1.165, 1.54) is 4.68 Å².